The number of aliphatic carboxylic acids is 1. The first-order valence-corrected chi connectivity index (χ1v) is 5.57. The second kappa shape index (κ2) is 9.43. The molecule has 0 rings (SSSR count). The molecule has 0 fully saturated rings. The zero-order valence-electron chi connectivity index (χ0n) is 10.4. The fourth-order valence-electron chi connectivity index (χ4n) is 1.08. The maximum atomic E-state index is 11.3. The molecule has 2 amide bonds. The monoisotopic (exact) mass is 260 g/mol. The molecule has 0 aliphatic carbocycles. The van der Waals surface area contributed by atoms with E-state index in [-0.39, 0.29) is 19.6 Å². The summed E-state index contributed by atoms with van der Waals surface area (Å²) < 4.78 is 5.15. The number of carbonyl (C=O) groups is 2. The number of carboxylic acid groups (broad SMARTS) is 1. The number of carbonyl (C=O) groups excluding carboxylic acids is 1. The highest BCUT2D eigenvalue weighted by atomic mass is 16.5. The van der Waals surface area contributed by atoms with Gasteiger partial charge < -0.3 is 25.6 Å². The summed E-state index contributed by atoms with van der Waals surface area (Å²) in [6.07, 6.45) is -0.0328. The lowest BCUT2D eigenvalue weighted by Gasteiger charge is -2.14. The molecule has 0 heterocycles. The fourth-order valence-corrected chi connectivity index (χ4v) is 1.08. The maximum absolute atomic E-state index is 11.3. The number of carboxylic acids is 1. The Morgan fingerprint density at radius 3 is 2.61 bits per heavy atom. The van der Waals surface area contributed by atoms with E-state index in [1.54, 1.807) is 0 Å². The quantitative estimate of drug-likeness (QED) is 0.337. The van der Waals surface area contributed by atoms with Crippen LogP contribution < -0.4 is 10.6 Å². The average molecular weight is 260 g/mol. The number of aliphatic hydroxyl groups is 1. The van der Waals surface area contributed by atoms with Gasteiger partial charge in [0, 0.05) is 19.6 Å². The summed E-state index contributed by atoms with van der Waals surface area (Å²) in [6.45, 7) is 6.18. The topological polar surface area (TPSA) is 108 Å². The van der Waals surface area contributed by atoms with Gasteiger partial charge in [-0.3, -0.25) is 0 Å². The Kier molecular flexibility index (Phi) is 8.59. The Bertz CT molecular complexity index is 293. The van der Waals surface area contributed by atoms with Gasteiger partial charge in [0.1, 0.15) is 6.04 Å². The number of rotatable bonds is 9. The molecular formula is C11H20N2O5. The SMILES string of the molecule is C=C(C)COCCNC(=O)N[C@H](CCO)C(=O)O. The van der Waals surface area contributed by atoms with E-state index in [1.807, 2.05) is 6.92 Å². The van der Waals surface area contributed by atoms with Gasteiger partial charge in [-0.05, 0) is 6.92 Å². The Hall–Kier alpha value is -1.60. The molecule has 0 aliphatic heterocycles. The third kappa shape index (κ3) is 8.54. The Labute approximate surface area is 106 Å². The van der Waals surface area contributed by atoms with Crippen molar-refractivity contribution in [2.75, 3.05) is 26.4 Å². The highest BCUT2D eigenvalue weighted by molar-refractivity contribution is 5.82. The van der Waals surface area contributed by atoms with E-state index in [2.05, 4.69) is 17.2 Å². The van der Waals surface area contributed by atoms with Crippen molar-refractivity contribution in [3.05, 3.63) is 12.2 Å². The van der Waals surface area contributed by atoms with Crippen LogP contribution in [0.3, 0.4) is 0 Å². The van der Waals surface area contributed by atoms with E-state index in [0.29, 0.717) is 13.2 Å². The number of amides is 2. The van der Waals surface area contributed by atoms with E-state index in [9.17, 15) is 9.59 Å². The summed E-state index contributed by atoms with van der Waals surface area (Å²) in [5.41, 5.74) is 0.883. The van der Waals surface area contributed by atoms with Crippen molar-refractivity contribution in [1.29, 1.82) is 0 Å². The van der Waals surface area contributed by atoms with Crippen LogP contribution in [-0.2, 0) is 9.53 Å². The molecule has 0 saturated carbocycles. The molecule has 0 saturated heterocycles. The number of hydrogen-bond donors (Lipinski definition) is 4. The molecule has 0 unspecified atom stereocenters. The molecule has 0 aromatic carbocycles. The zero-order chi connectivity index (χ0) is 14.0. The van der Waals surface area contributed by atoms with Crippen LogP contribution in [0.15, 0.2) is 12.2 Å². The van der Waals surface area contributed by atoms with Gasteiger partial charge in [0.25, 0.3) is 0 Å². The van der Waals surface area contributed by atoms with Gasteiger partial charge in [0.15, 0.2) is 0 Å². The predicted molar refractivity (Wildman–Crippen MR) is 65.3 cm³/mol. The largest absolute Gasteiger partial charge is 0.480 e. The van der Waals surface area contributed by atoms with E-state index in [4.69, 9.17) is 14.9 Å². The van der Waals surface area contributed by atoms with Crippen molar-refractivity contribution in [3.63, 3.8) is 0 Å². The van der Waals surface area contributed by atoms with Crippen LogP contribution in [0.2, 0.25) is 0 Å². The van der Waals surface area contributed by atoms with E-state index in [0.717, 1.165) is 5.57 Å². The minimum Gasteiger partial charge on any atom is -0.480 e. The lowest BCUT2D eigenvalue weighted by atomic mass is 10.2. The van der Waals surface area contributed by atoms with Crippen molar-refractivity contribution < 1.29 is 24.5 Å². The van der Waals surface area contributed by atoms with Crippen LogP contribution in [0.4, 0.5) is 4.79 Å². The van der Waals surface area contributed by atoms with E-state index >= 15 is 0 Å². The molecule has 18 heavy (non-hydrogen) atoms. The average Bonchev–Trinajstić information content (AvgIpc) is 2.27. The van der Waals surface area contributed by atoms with Gasteiger partial charge in [-0.1, -0.05) is 12.2 Å². The molecule has 0 aromatic heterocycles. The summed E-state index contributed by atoms with van der Waals surface area (Å²) in [7, 11) is 0. The molecule has 0 spiro atoms. The van der Waals surface area contributed by atoms with Crippen LogP contribution in [0.25, 0.3) is 0 Å². The Morgan fingerprint density at radius 2 is 2.11 bits per heavy atom. The molecule has 0 aromatic rings. The van der Waals surface area contributed by atoms with E-state index < -0.39 is 18.0 Å². The standard InChI is InChI=1S/C11H20N2O5/c1-8(2)7-18-6-4-12-11(17)13-9(3-5-14)10(15)16/h9,14H,1,3-7H2,2H3,(H,15,16)(H2,12,13,17)/t9-/m1/s1. The van der Waals surface area contributed by atoms with Crippen LogP contribution in [0.1, 0.15) is 13.3 Å². The summed E-state index contributed by atoms with van der Waals surface area (Å²) in [5, 5.41) is 22.1. The van der Waals surface area contributed by atoms with Crippen molar-refractivity contribution in [1.82, 2.24) is 10.6 Å². The van der Waals surface area contributed by atoms with Gasteiger partial charge in [-0.15, -0.1) is 0 Å². The van der Waals surface area contributed by atoms with Crippen LogP contribution in [0, 0.1) is 0 Å². The molecule has 0 bridgehead atoms. The first-order chi connectivity index (χ1) is 8.47. The normalized spacial score (nSPS) is 11.7. The molecule has 4 N–H and O–H groups in total. The number of urea groups is 1. The highest BCUT2D eigenvalue weighted by Crippen LogP contribution is 1.91. The minimum atomic E-state index is -1.18. The minimum absolute atomic E-state index is 0.0328. The van der Waals surface area contributed by atoms with Crippen molar-refractivity contribution in [2.45, 2.75) is 19.4 Å². The molecular weight excluding hydrogens is 240 g/mol. The van der Waals surface area contributed by atoms with Crippen LogP contribution >= 0.6 is 0 Å². The van der Waals surface area contributed by atoms with Gasteiger partial charge in [-0.2, -0.15) is 0 Å². The summed E-state index contributed by atoms with van der Waals surface area (Å²) >= 11 is 0. The van der Waals surface area contributed by atoms with Crippen molar-refractivity contribution in [2.24, 2.45) is 0 Å². The fraction of sp³-hybridized carbons (Fsp3) is 0.636. The zero-order valence-corrected chi connectivity index (χ0v) is 10.4. The van der Waals surface area contributed by atoms with Gasteiger partial charge in [0.2, 0.25) is 0 Å². The number of aliphatic hydroxyl groups excluding tert-OH is 1. The smallest absolute Gasteiger partial charge is 0.326 e. The Morgan fingerprint density at radius 1 is 1.44 bits per heavy atom. The second-order valence-electron chi connectivity index (χ2n) is 3.81. The van der Waals surface area contributed by atoms with Crippen molar-refractivity contribution in [3.8, 4) is 0 Å². The molecule has 7 nitrogen and oxygen atoms in total. The lowest BCUT2D eigenvalue weighted by molar-refractivity contribution is -0.139. The lowest BCUT2D eigenvalue weighted by Crippen LogP contribution is -2.47. The first-order valence-electron chi connectivity index (χ1n) is 5.57. The summed E-state index contributed by atoms with van der Waals surface area (Å²) in [4.78, 5) is 22.0. The maximum Gasteiger partial charge on any atom is 0.326 e. The number of hydrogen-bond acceptors (Lipinski definition) is 4. The third-order valence-corrected chi connectivity index (χ3v) is 1.90. The number of nitrogens with one attached hydrogen (secondary N) is 2. The van der Waals surface area contributed by atoms with Crippen molar-refractivity contribution >= 4 is 12.0 Å². The van der Waals surface area contributed by atoms with E-state index in [1.165, 1.54) is 0 Å². The molecule has 104 valence electrons. The van der Waals surface area contributed by atoms with Gasteiger partial charge in [0.05, 0.1) is 13.2 Å². The molecule has 7 heteroatoms. The molecule has 0 radical (unpaired) electrons. The summed E-state index contributed by atoms with van der Waals surface area (Å²) in [6, 6.07) is -1.69. The highest BCUT2D eigenvalue weighted by Gasteiger charge is 2.18. The van der Waals surface area contributed by atoms with Crippen LogP contribution in [0.5, 0.6) is 0 Å². The van der Waals surface area contributed by atoms with Gasteiger partial charge in [-0.25, -0.2) is 9.59 Å². The van der Waals surface area contributed by atoms with Crippen LogP contribution in [-0.4, -0.2) is 54.6 Å². The molecule has 0 aliphatic rings. The van der Waals surface area contributed by atoms with Gasteiger partial charge >= 0.3 is 12.0 Å². The number of ether oxygens (including phenoxy) is 1. The summed E-state index contributed by atoms with van der Waals surface area (Å²) in [5.74, 6) is -1.18. The second-order valence-corrected chi connectivity index (χ2v) is 3.81. The molecule has 1 atom stereocenters. The Balaban J connectivity index is 3.74. The third-order valence-electron chi connectivity index (χ3n) is 1.90. The first kappa shape index (κ1) is 16.4. The predicted octanol–water partition coefficient (Wildman–Crippen LogP) is -0.286.